The average molecular weight is 229 g/mol. The monoisotopic (exact) mass is 229 g/mol. The maximum absolute atomic E-state index is 9.53. The van der Waals surface area contributed by atoms with E-state index in [2.05, 4.69) is 5.10 Å². The fourth-order valence-electron chi connectivity index (χ4n) is 2.56. The van der Waals surface area contributed by atoms with Crippen molar-refractivity contribution in [1.29, 1.82) is 0 Å². The number of aryl methyl sites for hydroxylation is 1. The molecule has 0 amide bonds. The lowest BCUT2D eigenvalue weighted by Crippen LogP contribution is -2.06. The van der Waals surface area contributed by atoms with Crippen LogP contribution < -0.4 is 5.73 Å². The fraction of sp³-hybridized carbons (Fsp3) is 0.308. The standard InChI is InChI=1S/C13H15N3O/c1-16-11-6-5-10(14)12(11)13(15-16)8-3-2-4-9(17)7-8/h2-4,7,10,17H,5-6,14H2,1H3. The Balaban J connectivity index is 2.19. The molecule has 0 spiro atoms. The van der Waals surface area contributed by atoms with Gasteiger partial charge in [-0.15, -0.1) is 0 Å². The minimum absolute atomic E-state index is 0.0658. The van der Waals surface area contributed by atoms with Gasteiger partial charge in [0.1, 0.15) is 5.75 Å². The van der Waals surface area contributed by atoms with Gasteiger partial charge in [-0.05, 0) is 25.0 Å². The predicted molar refractivity (Wildman–Crippen MR) is 65.6 cm³/mol. The van der Waals surface area contributed by atoms with E-state index in [1.807, 2.05) is 23.9 Å². The molecular weight excluding hydrogens is 214 g/mol. The number of aromatic hydroxyl groups is 1. The Bertz CT molecular complexity index is 574. The number of nitrogens with zero attached hydrogens (tertiary/aromatic N) is 2. The highest BCUT2D eigenvalue weighted by molar-refractivity contribution is 5.67. The van der Waals surface area contributed by atoms with Crippen molar-refractivity contribution in [3.63, 3.8) is 0 Å². The van der Waals surface area contributed by atoms with E-state index in [0.717, 1.165) is 29.7 Å². The van der Waals surface area contributed by atoms with Crippen LogP contribution in [0.4, 0.5) is 0 Å². The maximum Gasteiger partial charge on any atom is 0.116 e. The van der Waals surface area contributed by atoms with Gasteiger partial charge in [-0.3, -0.25) is 4.68 Å². The second-order valence-electron chi connectivity index (χ2n) is 4.53. The van der Waals surface area contributed by atoms with E-state index < -0.39 is 0 Å². The number of phenols is 1. The summed E-state index contributed by atoms with van der Waals surface area (Å²) in [4.78, 5) is 0. The zero-order chi connectivity index (χ0) is 12.0. The highest BCUT2D eigenvalue weighted by Crippen LogP contribution is 2.37. The number of nitrogens with two attached hydrogens (primary N) is 1. The van der Waals surface area contributed by atoms with Crippen LogP contribution >= 0.6 is 0 Å². The molecule has 1 unspecified atom stereocenters. The SMILES string of the molecule is Cn1nc(-c2cccc(O)c2)c2c1CCC2N. The molecule has 4 heteroatoms. The first-order valence-electron chi connectivity index (χ1n) is 5.77. The van der Waals surface area contributed by atoms with Crippen LogP contribution in [0.25, 0.3) is 11.3 Å². The fourth-order valence-corrected chi connectivity index (χ4v) is 2.56. The Labute approximate surface area is 99.7 Å². The normalized spacial score (nSPS) is 18.4. The topological polar surface area (TPSA) is 64.1 Å². The van der Waals surface area contributed by atoms with Crippen LogP contribution in [0.1, 0.15) is 23.7 Å². The van der Waals surface area contributed by atoms with Crippen molar-refractivity contribution in [3.05, 3.63) is 35.5 Å². The number of rotatable bonds is 1. The Morgan fingerprint density at radius 1 is 1.47 bits per heavy atom. The number of benzene rings is 1. The lowest BCUT2D eigenvalue weighted by molar-refractivity contribution is 0.475. The summed E-state index contributed by atoms with van der Waals surface area (Å²) in [5.74, 6) is 0.258. The van der Waals surface area contributed by atoms with Gasteiger partial charge in [0.2, 0.25) is 0 Å². The molecular formula is C13H15N3O. The van der Waals surface area contributed by atoms with Gasteiger partial charge in [-0.25, -0.2) is 0 Å². The summed E-state index contributed by atoms with van der Waals surface area (Å²) < 4.78 is 1.90. The van der Waals surface area contributed by atoms with Gasteiger partial charge in [-0.1, -0.05) is 12.1 Å². The molecule has 1 atom stereocenters. The summed E-state index contributed by atoms with van der Waals surface area (Å²) in [6.45, 7) is 0. The lowest BCUT2D eigenvalue weighted by atomic mass is 10.0. The molecule has 3 rings (SSSR count). The highest BCUT2D eigenvalue weighted by Gasteiger charge is 2.28. The van der Waals surface area contributed by atoms with Gasteiger partial charge in [0.25, 0.3) is 0 Å². The summed E-state index contributed by atoms with van der Waals surface area (Å²) in [5, 5.41) is 14.0. The van der Waals surface area contributed by atoms with Crippen molar-refractivity contribution in [2.45, 2.75) is 18.9 Å². The van der Waals surface area contributed by atoms with Crippen molar-refractivity contribution in [2.75, 3.05) is 0 Å². The van der Waals surface area contributed by atoms with Gasteiger partial charge in [0.05, 0.1) is 5.69 Å². The van der Waals surface area contributed by atoms with E-state index in [4.69, 9.17) is 5.73 Å². The molecule has 1 heterocycles. The number of hydrogen-bond donors (Lipinski definition) is 2. The lowest BCUT2D eigenvalue weighted by Gasteiger charge is -2.05. The van der Waals surface area contributed by atoms with Crippen molar-refractivity contribution in [3.8, 4) is 17.0 Å². The highest BCUT2D eigenvalue weighted by atomic mass is 16.3. The first-order valence-corrected chi connectivity index (χ1v) is 5.77. The quantitative estimate of drug-likeness (QED) is 0.782. The molecule has 0 aliphatic heterocycles. The molecule has 1 aromatic carbocycles. The first-order chi connectivity index (χ1) is 8.16. The number of fused-ring (bicyclic) bond motifs is 1. The van der Waals surface area contributed by atoms with Crippen molar-refractivity contribution in [2.24, 2.45) is 12.8 Å². The Morgan fingerprint density at radius 2 is 2.29 bits per heavy atom. The summed E-state index contributed by atoms with van der Waals surface area (Å²) >= 11 is 0. The zero-order valence-electron chi connectivity index (χ0n) is 9.72. The Kier molecular flexibility index (Phi) is 2.19. The third-order valence-electron chi connectivity index (χ3n) is 3.39. The molecule has 1 aliphatic carbocycles. The van der Waals surface area contributed by atoms with E-state index in [-0.39, 0.29) is 11.8 Å². The van der Waals surface area contributed by atoms with Gasteiger partial charge in [-0.2, -0.15) is 5.10 Å². The third kappa shape index (κ3) is 1.52. The molecule has 0 saturated heterocycles. The Hall–Kier alpha value is -1.81. The second kappa shape index (κ2) is 3.60. The van der Waals surface area contributed by atoms with Crippen LogP contribution in [0.3, 0.4) is 0 Å². The summed E-state index contributed by atoms with van der Waals surface area (Å²) in [7, 11) is 1.95. The molecule has 0 fully saturated rings. The predicted octanol–water partition coefficient (Wildman–Crippen LogP) is 1.74. The summed E-state index contributed by atoms with van der Waals surface area (Å²) in [6, 6.07) is 7.23. The second-order valence-corrected chi connectivity index (χ2v) is 4.53. The molecule has 4 nitrogen and oxygen atoms in total. The van der Waals surface area contributed by atoms with Crippen molar-refractivity contribution < 1.29 is 5.11 Å². The zero-order valence-corrected chi connectivity index (χ0v) is 9.72. The molecule has 0 saturated carbocycles. The Morgan fingerprint density at radius 3 is 3.06 bits per heavy atom. The number of phenolic OH excluding ortho intramolecular Hbond substituents is 1. The minimum atomic E-state index is 0.0658. The van der Waals surface area contributed by atoms with Crippen molar-refractivity contribution in [1.82, 2.24) is 9.78 Å². The molecule has 17 heavy (non-hydrogen) atoms. The van der Waals surface area contributed by atoms with Crippen LogP contribution in [0.2, 0.25) is 0 Å². The van der Waals surface area contributed by atoms with Crippen LogP contribution in [0.15, 0.2) is 24.3 Å². The summed E-state index contributed by atoms with van der Waals surface area (Å²) in [6.07, 6.45) is 1.96. The molecule has 2 aromatic rings. The molecule has 0 radical (unpaired) electrons. The van der Waals surface area contributed by atoms with E-state index >= 15 is 0 Å². The molecule has 0 bridgehead atoms. The number of hydrogen-bond acceptors (Lipinski definition) is 3. The number of aromatic nitrogens is 2. The van der Waals surface area contributed by atoms with E-state index in [9.17, 15) is 5.11 Å². The van der Waals surface area contributed by atoms with E-state index in [1.54, 1.807) is 12.1 Å². The molecule has 3 N–H and O–H groups in total. The molecule has 1 aromatic heterocycles. The van der Waals surface area contributed by atoms with Gasteiger partial charge in [0, 0.05) is 29.9 Å². The average Bonchev–Trinajstić information content (AvgIpc) is 2.82. The maximum atomic E-state index is 9.53. The summed E-state index contributed by atoms with van der Waals surface area (Å²) in [5.41, 5.74) is 10.3. The van der Waals surface area contributed by atoms with Crippen LogP contribution in [-0.4, -0.2) is 14.9 Å². The van der Waals surface area contributed by atoms with Gasteiger partial charge >= 0.3 is 0 Å². The van der Waals surface area contributed by atoms with Crippen LogP contribution in [-0.2, 0) is 13.5 Å². The van der Waals surface area contributed by atoms with E-state index in [0.29, 0.717) is 0 Å². The van der Waals surface area contributed by atoms with Crippen molar-refractivity contribution >= 4 is 0 Å². The minimum Gasteiger partial charge on any atom is -0.508 e. The smallest absolute Gasteiger partial charge is 0.116 e. The van der Waals surface area contributed by atoms with E-state index in [1.165, 1.54) is 5.69 Å². The molecule has 1 aliphatic rings. The van der Waals surface area contributed by atoms with Crippen LogP contribution in [0, 0.1) is 0 Å². The third-order valence-corrected chi connectivity index (χ3v) is 3.39. The first kappa shape index (κ1) is 10.4. The largest absolute Gasteiger partial charge is 0.508 e. The van der Waals surface area contributed by atoms with Gasteiger partial charge < -0.3 is 10.8 Å². The van der Waals surface area contributed by atoms with Gasteiger partial charge in [0.15, 0.2) is 0 Å². The molecule has 88 valence electrons. The van der Waals surface area contributed by atoms with Crippen LogP contribution in [0.5, 0.6) is 5.75 Å².